The van der Waals surface area contributed by atoms with E-state index >= 15 is 0 Å². The molecule has 3 heterocycles. The highest BCUT2D eigenvalue weighted by Gasteiger charge is 2.64. The van der Waals surface area contributed by atoms with E-state index in [1.807, 2.05) is 35.2 Å². The first-order chi connectivity index (χ1) is 13.6. The van der Waals surface area contributed by atoms with Crippen LogP contribution in [0.15, 0.2) is 30.3 Å². The molecule has 0 radical (unpaired) electrons. The molecular formula is C22H29N3O3. The summed E-state index contributed by atoms with van der Waals surface area (Å²) in [4.78, 5) is 32.6. The smallest absolute Gasteiger partial charge is 0.252 e. The zero-order valence-electron chi connectivity index (χ0n) is 16.3. The number of fused-ring (bicyclic) bond motifs is 2. The molecule has 150 valence electrons. The van der Waals surface area contributed by atoms with Gasteiger partial charge in [-0.15, -0.1) is 0 Å². The summed E-state index contributed by atoms with van der Waals surface area (Å²) in [7, 11) is 0. The zero-order valence-corrected chi connectivity index (χ0v) is 16.3. The van der Waals surface area contributed by atoms with Gasteiger partial charge in [0, 0.05) is 25.7 Å². The van der Waals surface area contributed by atoms with E-state index < -0.39 is 11.6 Å². The maximum absolute atomic E-state index is 13.6. The Morgan fingerprint density at radius 1 is 1.04 bits per heavy atom. The first-order valence-electron chi connectivity index (χ1n) is 10.7. The summed E-state index contributed by atoms with van der Waals surface area (Å²) >= 11 is 0. The lowest BCUT2D eigenvalue weighted by Gasteiger charge is -2.60. The summed E-state index contributed by atoms with van der Waals surface area (Å²) in [6.07, 6.45) is 6.18. The maximum Gasteiger partial charge on any atom is 0.252 e. The van der Waals surface area contributed by atoms with E-state index in [-0.39, 0.29) is 17.9 Å². The second kappa shape index (κ2) is 6.94. The third-order valence-corrected chi connectivity index (χ3v) is 7.23. The zero-order chi connectivity index (χ0) is 19.3. The Bertz CT molecular complexity index is 756. The molecule has 4 aliphatic rings. The molecule has 6 nitrogen and oxygen atoms in total. The number of aliphatic hydroxyl groups excluding tert-OH is 1. The van der Waals surface area contributed by atoms with Crippen molar-refractivity contribution in [2.75, 3.05) is 19.6 Å². The molecule has 3 saturated heterocycles. The van der Waals surface area contributed by atoms with E-state index in [0.717, 1.165) is 5.56 Å². The molecule has 0 bridgehead atoms. The summed E-state index contributed by atoms with van der Waals surface area (Å²) in [5.74, 6) is -0.217. The van der Waals surface area contributed by atoms with Gasteiger partial charge in [-0.05, 0) is 24.8 Å². The van der Waals surface area contributed by atoms with E-state index in [9.17, 15) is 14.7 Å². The van der Waals surface area contributed by atoms with Crippen LogP contribution in [0.3, 0.4) is 0 Å². The summed E-state index contributed by atoms with van der Waals surface area (Å²) in [6, 6.07) is 9.92. The lowest BCUT2D eigenvalue weighted by Crippen LogP contribution is -2.82. The van der Waals surface area contributed by atoms with Crippen LogP contribution in [0.25, 0.3) is 0 Å². The van der Waals surface area contributed by atoms with Crippen LogP contribution in [0.5, 0.6) is 0 Å². The van der Waals surface area contributed by atoms with E-state index in [1.165, 1.54) is 37.0 Å². The first kappa shape index (κ1) is 18.3. The van der Waals surface area contributed by atoms with Gasteiger partial charge in [-0.25, -0.2) is 0 Å². The molecule has 1 N–H and O–H groups in total. The highest BCUT2D eigenvalue weighted by molar-refractivity contribution is 6.06. The van der Waals surface area contributed by atoms with Crippen LogP contribution in [-0.2, 0) is 16.1 Å². The van der Waals surface area contributed by atoms with Gasteiger partial charge in [-0.1, -0.05) is 49.6 Å². The highest BCUT2D eigenvalue weighted by atomic mass is 16.3. The summed E-state index contributed by atoms with van der Waals surface area (Å²) in [5, 5.41) is 10.3. The molecule has 2 unspecified atom stereocenters. The molecule has 0 aromatic heterocycles. The van der Waals surface area contributed by atoms with Crippen molar-refractivity contribution < 1.29 is 14.7 Å². The van der Waals surface area contributed by atoms with Gasteiger partial charge in [0.2, 0.25) is 5.91 Å². The van der Waals surface area contributed by atoms with E-state index in [1.54, 1.807) is 0 Å². The SMILES string of the molecule is O=C1C2CC(O)CN2C2(CN(C3CCCCC3)C2)C(=O)N1Cc1ccccc1. The third-order valence-electron chi connectivity index (χ3n) is 7.23. The Balaban J connectivity index is 1.41. The molecule has 6 heteroatoms. The van der Waals surface area contributed by atoms with Crippen molar-refractivity contribution in [3.63, 3.8) is 0 Å². The van der Waals surface area contributed by atoms with Crippen molar-refractivity contribution in [1.82, 2.24) is 14.7 Å². The van der Waals surface area contributed by atoms with Crippen LogP contribution >= 0.6 is 0 Å². The van der Waals surface area contributed by atoms with Gasteiger partial charge in [0.25, 0.3) is 5.91 Å². The average molecular weight is 383 g/mol. The van der Waals surface area contributed by atoms with E-state index in [0.29, 0.717) is 38.6 Å². The fourth-order valence-electron chi connectivity index (χ4n) is 5.74. The van der Waals surface area contributed by atoms with Crippen LogP contribution in [-0.4, -0.2) is 75.0 Å². The molecule has 2 amide bonds. The minimum absolute atomic E-state index is 0.0706. The Labute approximate surface area is 166 Å². The van der Waals surface area contributed by atoms with Crippen LogP contribution in [0.4, 0.5) is 0 Å². The first-order valence-corrected chi connectivity index (χ1v) is 10.7. The van der Waals surface area contributed by atoms with Crippen LogP contribution in [0.1, 0.15) is 44.1 Å². The molecule has 1 saturated carbocycles. The fourth-order valence-corrected chi connectivity index (χ4v) is 5.74. The standard InChI is InChI=1S/C22H29N3O3/c26-18-11-19-20(27)24(12-16-7-3-1-4-8-16)21(28)22(25(19)13-18)14-23(15-22)17-9-5-2-6-10-17/h1,3-4,7-8,17-19,26H,2,5-6,9-15H2. The van der Waals surface area contributed by atoms with Gasteiger partial charge < -0.3 is 5.11 Å². The molecule has 3 aliphatic heterocycles. The number of hydrogen-bond donors (Lipinski definition) is 1. The van der Waals surface area contributed by atoms with Crippen LogP contribution in [0.2, 0.25) is 0 Å². The van der Waals surface area contributed by atoms with Gasteiger partial charge in [0.15, 0.2) is 0 Å². The van der Waals surface area contributed by atoms with Crippen molar-refractivity contribution in [2.24, 2.45) is 0 Å². The molecule has 4 fully saturated rings. The molecule has 1 aromatic carbocycles. The minimum Gasteiger partial charge on any atom is -0.392 e. The molecule has 1 aromatic rings. The number of hydrogen-bond acceptors (Lipinski definition) is 5. The Hall–Kier alpha value is -1.76. The number of nitrogens with zero attached hydrogens (tertiary/aromatic N) is 3. The lowest BCUT2D eigenvalue weighted by molar-refractivity contribution is -0.183. The van der Waals surface area contributed by atoms with Gasteiger partial charge in [-0.3, -0.25) is 24.3 Å². The highest BCUT2D eigenvalue weighted by Crippen LogP contribution is 2.42. The van der Waals surface area contributed by atoms with Crippen molar-refractivity contribution in [3.05, 3.63) is 35.9 Å². The minimum atomic E-state index is -0.637. The number of aliphatic hydroxyl groups is 1. The quantitative estimate of drug-likeness (QED) is 0.799. The van der Waals surface area contributed by atoms with Crippen molar-refractivity contribution >= 4 is 11.8 Å². The number of β-amino-alcohol motifs (C(OH)–C–C–N with tert-alkyl or cyclic N) is 1. The second-order valence-corrected chi connectivity index (χ2v) is 9.00. The molecule has 28 heavy (non-hydrogen) atoms. The number of rotatable bonds is 3. The van der Waals surface area contributed by atoms with Gasteiger partial charge >= 0.3 is 0 Å². The predicted molar refractivity (Wildman–Crippen MR) is 104 cm³/mol. The number of piperazine rings is 1. The number of imide groups is 1. The normalized spacial score (nSPS) is 31.2. The van der Waals surface area contributed by atoms with E-state index in [2.05, 4.69) is 4.90 Å². The molecule has 5 rings (SSSR count). The van der Waals surface area contributed by atoms with Crippen molar-refractivity contribution in [1.29, 1.82) is 0 Å². The van der Waals surface area contributed by atoms with Crippen LogP contribution in [0, 0.1) is 0 Å². The summed E-state index contributed by atoms with van der Waals surface area (Å²) in [5.41, 5.74) is 0.331. The Kier molecular flexibility index (Phi) is 4.53. The number of carbonyl (C=O) groups excluding carboxylic acids is 2. The van der Waals surface area contributed by atoms with Gasteiger partial charge in [0.1, 0.15) is 5.54 Å². The monoisotopic (exact) mass is 383 g/mol. The topological polar surface area (TPSA) is 64.1 Å². The predicted octanol–water partition coefficient (Wildman–Crippen LogP) is 1.38. The summed E-state index contributed by atoms with van der Waals surface area (Å²) < 4.78 is 0. The number of amides is 2. The lowest BCUT2D eigenvalue weighted by atomic mass is 9.79. The molecule has 2 atom stereocenters. The van der Waals surface area contributed by atoms with Crippen molar-refractivity contribution in [3.8, 4) is 0 Å². The number of carbonyl (C=O) groups is 2. The fraction of sp³-hybridized carbons (Fsp3) is 0.636. The molecule has 1 aliphatic carbocycles. The number of likely N-dealkylation sites (tertiary alicyclic amines) is 1. The second-order valence-electron chi connectivity index (χ2n) is 9.00. The third kappa shape index (κ3) is 2.81. The summed E-state index contributed by atoms with van der Waals surface area (Å²) in [6.45, 7) is 2.14. The maximum atomic E-state index is 13.6. The van der Waals surface area contributed by atoms with Crippen LogP contribution < -0.4 is 0 Å². The molecular weight excluding hydrogens is 354 g/mol. The van der Waals surface area contributed by atoms with Gasteiger partial charge in [-0.2, -0.15) is 0 Å². The number of benzene rings is 1. The Morgan fingerprint density at radius 2 is 1.75 bits per heavy atom. The largest absolute Gasteiger partial charge is 0.392 e. The van der Waals surface area contributed by atoms with Crippen molar-refractivity contribution in [2.45, 2.75) is 68.8 Å². The Morgan fingerprint density at radius 3 is 2.46 bits per heavy atom. The average Bonchev–Trinajstić information content (AvgIpc) is 3.08. The van der Waals surface area contributed by atoms with E-state index in [4.69, 9.17) is 0 Å². The van der Waals surface area contributed by atoms with Gasteiger partial charge in [0.05, 0.1) is 18.7 Å². The molecule has 1 spiro atoms.